The van der Waals surface area contributed by atoms with E-state index >= 15 is 0 Å². The summed E-state index contributed by atoms with van der Waals surface area (Å²) >= 11 is 0. The van der Waals surface area contributed by atoms with Gasteiger partial charge in [-0.1, -0.05) is 20.8 Å². The van der Waals surface area contributed by atoms with Crippen LogP contribution in [0.25, 0.3) is 0 Å². The van der Waals surface area contributed by atoms with Gasteiger partial charge in [0.05, 0.1) is 0 Å². The van der Waals surface area contributed by atoms with Crippen molar-refractivity contribution in [3.8, 4) is 0 Å². The molecule has 0 aromatic rings. The van der Waals surface area contributed by atoms with Crippen LogP contribution in [0.4, 0.5) is 0 Å². The molecule has 3 heteroatoms. The summed E-state index contributed by atoms with van der Waals surface area (Å²) in [7, 11) is 0. The molecule has 0 bridgehead atoms. The van der Waals surface area contributed by atoms with E-state index in [0.29, 0.717) is 11.0 Å². The fourth-order valence-corrected chi connectivity index (χ4v) is 6.29. The Bertz CT molecular complexity index is 499. The molecule has 0 radical (unpaired) electrons. The van der Waals surface area contributed by atoms with Gasteiger partial charge in [-0.25, -0.2) is 0 Å². The van der Waals surface area contributed by atoms with E-state index in [9.17, 15) is 0 Å². The lowest BCUT2D eigenvalue weighted by atomic mass is 9.51. The predicted molar refractivity (Wildman–Crippen MR) is 115 cm³/mol. The zero-order valence-electron chi connectivity index (χ0n) is 19.1. The van der Waals surface area contributed by atoms with Crippen molar-refractivity contribution >= 4 is 0 Å². The Morgan fingerprint density at radius 1 is 0.704 bits per heavy atom. The maximum Gasteiger partial charge on any atom is 0.0350 e. The van der Waals surface area contributed by atoms with E-state index in [1.807, 2.05) is 0 Å². The average Bonchev–Trinajstić information content (AvgIpc) is 2.51. The summed E-state index contributed by atoms with van der Waals surface area (Å²) in [6.07, 6.45) is 8.71. The Kier molecular flexibility index (Phi) is 5.22. The third-order valence-corrected chi connectivity index (χ3v) is 8.78. The molecular weight excluding hydrogens is 330 g/mol. The summed E-state index contributed by atoms with van der Waals surface area (Å²) < 4.78 is 0. The molecule has 3 nitrogen and oxygen atoms in total. The highest BCUT2D eigenvalue weighted by Gasteiger charge is 2.50. The zero-order valence-corrected chi connectivity index (χ0v) is 19.1. The molecule has 3 saturated heterocycles. The normalized spacial score (nSPS) is 30.4. The minimum atomic E-state index is 0.347. The smallest absolute Gasteiger partial charge is 0.0350 e. The average molecular weight is 376 g/mol. The van der Waals surface area contributed by atoms with Gasteiger partial charge in [-0.15, -0.1) is 0 Å². The molecule has 4 aliphatic rings. The first-order chi connectivity index (χ1) is 12.6. The van der Waals surface area contributed by atoms with Gasteiger partial charge in [0.1, 0.15) is 0 Å². The van der Waals surface area contributed by atoms with Crippen LogP contribution < -0.4 is 0 Å². The van der Waals surface area contributed by atoms with Gasteiger partial charge in [0.25, 0.3) is 0 Å². The third kappa shape index (κ3) is 4.12. The lowest BCUT2D eigenvalue weighted by Crippen LogP contribution is -2.65. The molecule has 0 aromatic heterocycles. The van der Waals surface area contributed by atoms with Gasteiger partial charge in [0.15, 0.2) is 0 Å². The predicted octanol–water partition coefficient (Wildman–Crippen LogP) is 4.47. The highest BCUT2D eigenvalue weighted by atomic mass is 15.3. The van der Waals surface area contributed by atoms with Crippen LogP contribution in [0.3, 0.4) is 0 Å². The number of piperidine rings is 2. The summed E-state index contributed by atoms with van der Waals surface area (Å²) in [5.74, 6) is 0.974. The summed E-state index contributed by atoms with van der Waals surface area (Å²) in [6.45, 7) is 22.4. The van der Waals surface area contributed by atoms with Crippen LogP contribution in [0.15, 0.2) is 0 Å². The van der Waals surface area contributed by atoms with E-state index in [4.69, 9.17) is 0 Å². The molecule has 27 heavy (non-hydrogen) atoms. The van der Waals surface area contributed by atoms with Gasteiger partial charge in [0, 0.05) is 43.8 Å². The second-order valence-corrected chi connectivity index (χ2v) is 12.5. The van der Waals surface area contributed by atoms with Crippen molar-refractivity contribution in [1.29, 1.82) is 0 Å². The molecule has 0 atom stereocenters. The van der Waals surface area contributed by atoms with Crippen molar-refractivity contribution in [2.75, 3.05) is 39.3 Å². The summed E-state index contributed by atoms with van der Waals surface area (Å²) in [4.78, 5) is 8.32. The molecule has 0 unspecified atom stereocenters. The van der Waals surface area contributed by atoms with Crippen molar-refractivity contribution in [1.82, 2.24) is 14.7 Å². The molecule has 0 amide bonds. The first-order valence-corrected chi connectivity index (χ1v) is 11.8. The van der Waals surface area contributed by atoms with Crippen molar-refractivity contribution in [2.45, 2.75) is 97.7 Å². The van der Waals surface area contributed by atoms with E-state index in [0.717, 1.165) is 23.4 Å². The number of rotatable bonds is 2. The first-order valence-electron chi connectivity index (χ1n) is 11.8. The molecule has 1 aliphatic carbocycles. The van der Waals surface area contributed by atoms with Gasteiger partial charge < -0.3 is 0 Å². The molecule has 0 aromatic carbocycles. The Labute approximate surface area is 168 Å². The second-order valence-electron chi connectivity index (χ2n) is 12.5. The lowest BCUT2D eigenvalue weighted by Gasteiger charge is -2.58. The van der Waals surface area contributed by atoms with Crippen LogP contribution >= 0.6 is 0 Å². The number of hydrogen-bond donors (Lipinski definition) is 0. The number of likely N-dealkylation sites (tertiary alicyclic amines) is 3. The van der Waals surface area contributed by atoms with Crippen LogP contribution in [0.5, 0.6) is 0 Å². The highest BCUT2D eigenvalue weighted by molar-refractivity contribution is 5.03. The summed E-state index contributed by atoms with van der Waals surface area (Å²) in [6, 6.07) is 1.72. The highest BCUT2D eigenvalue weighted by Crippen LogP contribution is 2.58. The van der Waals surface area contributed by atoms with Gasteiger partial charge >= 0.3 is 0 Å². The molecule has 4 rings (SSSR count). The maximum atomic E-state index is 2.84. The van der Waals surface area contributed by atoms with E-state index < -0.39 is 0 Å². The van der Waals surface area contributed by atoms with Crippen LogP contribution in [0.2, 0.25) is 0 Å². The monoisotopic (exact) mass is 375 g/mol. The Morgan fingerprint density at radius 3 is 1.74 bits per heavy atom. The number of hydrogen-bond acceptors (Lipinski definition) is 3. The van der Waals surface area contributed by atoms with Crippen molar-refractivity contribution < 1.29 is 0 Å². The quantitative estimate of drug-likeness (QED) is 0.705. The van der Waals surface area contributed by atoms with Gasteiger partial charge in [0.2, 0.25) is 0 Å². The minimum Gasteiger partial charge on any atom is -0.298 e. The minimum absolute atomic E-state index is 0.347. The van der Waals surface area contributed by atoms with E-state index in [1.165, 1.54) is 77.8 Å². The standard InChI is InChI=1S/C24H45N3/c1-22(2,3)19-15-24(16-19)9-13-25(14-10-24)21-17-26(18-21)20-7-11-27(12-8-20)23(4,5)6/h19-21H,7-18H2,1-6H3. The molecule has 1 spiro atoms. The molecule has 4 fully saturated rings. The first kappa shape index (κ1) is 20.2. The molecule has 0 N–H and O–H groups in total. The third-order valence-electron chi connectivity index (χ3n) is 8.78. The Morgan fingerprint density at radius 2 is 1.26 bits per heavy atom. The molecule has 3 heterocycles. The van der Waals surface area contributed by atoms with E-state index in [-0.39, 0.29) is 0 Å². The second kappa shape index (κ2) is 6.99. The molecular formula is C24H45N3. The van der Waals surface area contributed by atoms with Crippen LogP contribution in [0, 0.1) is 16.7 Å². The topological polar surface area (TPSA) is 9.72 Å². The SMILES string of the molecule is CC(C)(C)C1CC2(CCN(C3CN(C4CCN(C(C)(C)C)CC4)C3)CC2)C1. The molecule has 1 saturated carbocycles. The van der Waals surface area contributed by atoms with Crippen molar-refractivity contribution in [3.05, 3.63) is 0 Å². The van der Waals surface area contributed by atoms with Gasteiger partial charge in [-0.05, 0) is 89.1 Å². The van der Waals surface area contributed by atoms with Crippen LogP contribution in [-0.4, -0.2) is 71.6 Å². The van der Waals surface area contributed by atoms with E-state index in [2.05, 4.69) is 56.2 Å². The van der Waals surface area contributed by atoms with Gasteiger partial charge in [-0.3, -0.25) is 14.7 Å². The molecule has 156 valence electrons. The Balaban J connectivity index is 1.17. The van der Waals surface area contributed by atoms with Crippen molar-refractivity contribution in [2.24, 2.45) is 16.7 Å². The Hall–Kier alpha value is -0.120. The molecule has 3 aliphatic heterocycles. The van der Waals surface area contributed by atoms with Crippen LogP contribution in [0.1, 0.15) is 80.1 Å². The fraction of sp³-hybridized carbons (Fsp3) is 1.00. The van der Waals surface area contributed by atoms with Gasteiger partial charge in [-0.2, -0.15) is 0 Å². The fourth-order valence-electron chi connectivity index (χ4n) is 6.29. The maximum absolute atomic E-state index is 2.84. The summed E-state index contributed by atoms with van der Waals surface area (Å²) in [5, 5.41) is 0. The summed E-state index contributed by atoms with van der Waals surface area (Å²) in [5.41, 5.74) is 1.61. The van der Waals surface area contributed by atoms with Crippen LogP contribution in [-0.2, 0) is 0 Å². The number of nitrogens with zero attached hydrogens (tertiary/aromatic N) is 3. The largest absolute Gasteiger partial charge is 0.298 e. The lowest BCUT2D eigenvalue weighted by molar-refractivity contribution is -0.0862. The van der Waals surface area contributed by atoms with E-state index in [1.54, 1.807) is 0 Å². The zero-order chi connectivity index (χ0) is 19.4. The van der Waals surface area contributed by atoms with Crippen molar-refractivity contribution in [3.63, 3.8) is 0 Å².